The standard InChI is InChI=1S/C16H23N5O2/c1-20-6-5-14(19-20)10-21(7-8-22-2)15-9-16(18-12-17-15)23-11-13-3-4-13/h5-6,9,12-13H,3-4,7-8,10-11H2,1-2H3. The van der Waals surface area contributed by atoms with Crippen LogP contribution < -0.4 is 9.64 Å². The van der Waals surface area contributed by atoms with Gasteiger partial charge in [0.05, 0.1) is 25.5 Å². The lowest BCUT2D eigenvalue weighted by Crippen LogP contribution is -2.28. The van der Waals surface area contributed by atoms with E-state index in [0.717, 1.165) is 24.7 Å². The Labute approximate surface area is 136 Å². The second-order valence-corrected chi connectivity index (χ2v) is 5.86. The van der Waals surface area contributed by atoms with Gasteiger partial charge in [0, 0.05) is 33.0 Å². The third-order valence-corrected chi connectivity index (χ3v) is 3.80. The minimum atomic E-state index is 0.620. The lowest BCUT2D eigenvalue weighted by molar-refractivity contribution is 0.204. The zero-order valence-electron chi connectivity index (χ0n) is 13.7. The van der Waals surface area contributed by atoms with Crippen LogP contribution in [0.5, 0.6) is 5.88 Å². The normalized spacial score (nSPS) is 14.0. The topological polar surface area (TPSA) is 65.3 Å². The lowest BCUT2D eigenvalue weighted by atomic mass is 10.3. The molecule has 0 unspecified atom stereocenters. The third kappa shape index (κ3) is 4.66. The molecule has 7 heteroatoms. The fourth-order valence-corrected chi connectivity index (χ4v) is 2.29. The first-order valence-electron chi connectivity index (χ1n) is 7.92. The molecule has 23 heavy (non-hydrogen) atoms. The molecule has 2 aromatic heterocycles. The molecule has 2 aromatic rings. The van der Waals surface area contributed by atoms with Crippen LogP contribution in [-0.2, 0) is 18.3 Å². The van der Waals surface area contributed by atoms with Crippen LogP contribution >= 0.6 is 0 Å². The van der Waals surface area contributed by atoms with Crippen molar-refractivity contribution in [1.82, 2.24) is 19.7 Å². The van der Waals surface area contributed by atoms with Gasteiger partial charge in [-0.1, -0.05) is 0 Å². The smallest absolute Gasteiger partial charge is 0.218 e. The predicted octanol–water partition coefficient (Wildman–Crippen LogP) is 1.65. The van der Waals surface area contributed by atoms with Crippen molar-refractivity contribution >= 4 is 5.82 Å². The largest absolute Gasteiger partial charge is 0.477 e. The van der Waals surface area contributed by atoms with Gasteiger partial charge in [-0.3, -0.25) is 4.68 Å². The van der Waals surface area contributed by atoms with Gasteiger partial charge in [0.25, 0.3) is 0 Å². The van der Waals surface area contributed by atoms with E-state index in [1.807, 2.05) is 25.4 Å². The molecule has 1 saturated carbocycles. The average molecular weight is 317 g/mol. The maximum Gasteiger partial charge on any atom is 0.218 e. The van der Waals surface area contributed by atoms with Crippen molar-refractivity contribution in [2.24, 2.45) is 13.0 Å². The Hall–Kier alpha value is -2.15. The van der Waals surface area contributed by atoms with Crippen molar-refractivity contribution < 1.29 is 9.47 Å². The van der Waals surface area contributed by atoms with Crippen LogP contribution in [0.4, 0.5) is 5.82 Å². The van der Waals surface area contributed by atoms with Crippen LogP contribution in [0.1, 0.15) is 18.5 Å². The highest BCUT2D eigenvalue weighted by Crippen LogP contribution is 2.29. The lowest BCUT2D eigenvalue weighted by Gasteiger charge is -2.22. The maximum absolute atomic E-state index is 5.75. The summed E-state index contributed by atoms with van der Waals surface area (Å²) in [6.07, 6.45) is 6.01. The zero-order valence-corrected chi connectivity index (χ0v) is 13.7. The number of methoxy groups -OCH3 is 1. The van der Waals surface area contributed by atoms with Gasteiger partial charge in [-0.25, -0.2) is 9.97 Å². The van der Waals surface area contributed by atoms with Crippen LogP contribution in [0.2, 0.25) is 0 Å². The van der Waals surface area contributed by atoms with Crippen molar-refractivity contribution in [1.29, 1.82) is 0 Å². The van der Waals surface area contributed by atoms with Gasteiger partial charge >= 0.3 is 0 Å². The molecular weight excluding hydrogens is 294 g/mol. The van der Waals surface area contributed by atoms with Gasteiger partial charge in [0.2, 0.25) is 5.88 Å². The highest BCUT2D eigenvalue weighted by Gasteiger charge is 2.22. The molecule has 0 saturated heterocycles. The highest BCUT2D eigenvalue weighted by molar-refractivity contribution is 5.41. The molecule has 0 bridgehead atoms. The first-order chi connectivity index (χ1) is 11.2. The Morgan fingerprint density at radius 2 is 2.22 bits per heavy atom. The van der Waals surface area contributed by atoms with E-state index < -0.39 is 0 Å². The van der Waals surface area contributed by atoms with Crippen molar-refractivity contribution in [2.75, 3.05) is 31.8 Å². The van der Waals surface area contributed by atoms with Crippen molar-refractivity contribution in [3.8, 4) is 5.88 Å². The van der Waals surface area contributed by atoms with Crippen LogP contribution in [0.15, 0.2) is 24.7 Å². The number of hydrogen-bond acceptors (Lipinski definition) is 6. The molecule has 0 atom stereocenters. The Bertz CT molecular complexity index is 626. The van der Waals surface area contributed by atoms with Crippen LogP contribution in [-0.4, -0.2) is 46.6 Å². The zero-order chi connectivity index (χ0) is 16.1. The molecular formula is C16H23N5O2. The summed E-state index contributed by atoms with van der Waals surface area (Å²) in [5.41, 5.74) is 0.989. The summed E-state index contributed by atoms with van der Waals surface area (Å²) >= 11 is 0. The first-order valence-corrected chi connectivity index (χ1v) is 7.92. The monoisotopic (exact) mass is 317 g/mol. The maximum atomic E-state index is 5.75. The number of hydrogen-bond donors (Lipinski definition) is 0. The van der Waals surface area contributed by atoms with E-state index in [1.54, 1.807) is 18.1 Å². The van der Waals surface area contributed by atoms with E-state index in [4.69, 9.17) is 9.47 Å². The third-order valence-electron chi connectivity index (χ3n) is 3.80. The SMILES string of the molecule is COCCN(Cc1ccn(C)n1)c1cc(OCC2CC2)ncn1. The summed E-state index contributed by atoms with van der Waals surface area (Å²) in [5.74, 6) is 2.16. The molecule has 1 aliphatic rings. The summed E-state index contributed by atoms with van der Waals surface area (Å²) < 4.78 is 12.8. The number of rotatable bonds is 9. The summed E-state index contributed by atoms with van der Waals surface area (Å²) in [5, 5.41) is 4.43. The predicted molar refractivity (Wildman–Crippen MR) is 86.4 cm³/mol. The van der Waals surface area contributed by atoms with Crippen LogP contribution in [0.3, 0.4) is 0 Å². The van der Waals surface area contributed by atoms with Crippen molar-refractivity contribution in [3.05, 3.63) is 30.4 Å². The molecule has 0 aliphatic heterocycles. The minimum absolute atomic E-state index is 0.620. The highest BCUT2D eigenvalue weighted by atomic mass is 16.5. The molecule has 124 valence electrons. The molecule has 3 rings (SSSR count). The fraction of sp³-hybridized carbons (Fsp3) is 0.562. The Morgan fingerprint density at radius 1 is 1.35 bits per heavy atom. The van der Waals surface area contributed by atoms with E-state index in [9.17, 15) is 0 Å². The molecule has 0 radical (unpaired) electrons. The number of nitrogens with zero attached hydrogens (tertiary/aromatic N) is 5. The van der Waals surface area contributed by atoms with Gasteiger partial charge in [-0.2, -0.15) is 5.10 Å². The molecule has 0 spiro atoms. The van der Waals surface area contributed by atoms with Gasteiger partial charge in [-0.05, 0) is 24.8 Å². The van der Waals surface area contributed by atoms with E-state index in [2.05, 4.69) is 20.0 Å². The average Bonchev–Trinajstić information content (AvgIpc) is 3.31. The van der Waals surface area contributed by atoms with E-state index in [0.29, 0.717) is 24.9 Å². The van der Waals surface area contributed by atoms with Crippen molar-refractivity contribution in [2.45, 2.75) is 19.4 Å². The van der Waals surface area contributed by atoms with E-state index >= 15 is 0 Å². The van der Waals surface area contributed by atoms with E-state index in [1.165, 1.54) is 12.8 Å². The van der Waals surface area contributed by atoms with Gasteiger partial charge in [-0.15, -0.1) is 0 Å². The summed E-state index contributed by atoms with van der Waals surface area (Å²) in [6, 6.07) is 3.90. The molecule has 0 aromatic carbocycles. The van der Waals surface area contributed by atoms with Gasteiger partial charge in [0.15, 0.2) is 0 Å². The quantitative estimate of drug-likeness (QED) is 0.701. The van der Waals surface area contributed by atoms with Gasteiger partial charge < -0.3 is 14.4 Å². The molecule has 0 amide bonds. The molecule has 7 nitrogen and oxygen atoms in total. The fourth-order valence-electron chi connectivity index (χ4n) is 2.29. The Kier molecular flexibility index (Phi) is 5.07. The summed E-state index contributed by atoms with van der Waals surface area (Å²) in [4.78, 5) is 10.7. The number of anilines is 1. The molecule has 1 aliphatic carbocycles. The van der Waals surface area contributed by atoms with Crippen molar-refractivity contribution in [3.63, 3.8) is 0 Å². The molecule has 0 N–H and O–H groups in total. The van der Waals surface area contributed by atoms with E-state index in [-0.39, 0.29) is 0 Å². The molecule has 1 fully saturated rings. The second-order valence-electron chi connectivity index (χ2n) is 5.86. The number of ether oxygens (including phenoxy) is 2. The summed E-state index contributed by atoms with van der Waals surface area (Å²) in [7, 11) is 3.61. The van der Waals surface area contributed by atoms with Crippen LogP contribution in [0.25, 0.3) is 0 Å². The first kappa shape index (κ1) is 15.7. The number of aromatic nitrogens is 4. The molecule has 2 heterocycles. The van der Waals surface area contributed by atoms with Crippen LogP contribution in [0, 0.1) is 5.92 Å². The Balaban J connectivity index is 1.70. The second kappa shape index (κ2) is 7.41. The Morgan fingerprint density at radius 3 is 2.91 bits per heavy atom. The number of aryl methyl sites for hydroxylation is 1. The van der Waals surface area contributed by atoms with Gasteiger partial charge in [0.1, 0.15) is 12.1 Å². The minimum Gasteiger partial charge on any atom is -0.477 e. The summed E-state index contributed by atoms with van der Waals surface area (Å²) in [6.45, 7) is 2.76.